The maximum atomic E-state index is 13.4. The number of aromatic hydroxyl groups is 1. The van der Waals surface area contributed by atoms with Gasteiger partial charge >= 0.3 is 5.91 Å². The van der Waals surface area contributed by atoms with Crippen LogP contribution in [0.4, 0.5) is 5.13 Å². The first kappa shape index (κ1) is 22.6. The van der Waals surface area contributed by atoms with E-state index < -0.39 is 17.7 Å². The number of phenols is 1. The van der Waals surface area contributed by atoms with E-state index in [1.807, 2.05) is 26.0 Å². The van der Waals surface area contributed by atoms with Gasteiger partial charge in [0, 0.05) is 5.56 Å². The molecule has 1 aromatic heterocycles. The van der Waals surface area contributed by atoms with Crippen molar-refractivity contribution in [2.45, 2.75) is 19.9 Å². The summed E-state index contributed by atoms with van der Waals surface area (Å²) in [7, 11) is 1.50. The summed E-state index contributed by atoms with van der Waals surface area (Å²) in [6, 6.07) is 15.9. The Labute approximate surface area is 205 Å². The van der Waals surface area contributed by atoms with Crippen molar-refractivity contribution in [1.82, 2.24) is 4.98 Å². The van der Waals surface area contributed by atoms with Crippen LogP contribution in [0.3, 0.4) is 0 Å². The second-order valence-corrected chi connectivity index (χ2v) is 9.43. The predicted molar refractivity (Wildman–Crippen MR) is 135 cm³/mol. The molecule has 1 fully saturated rings. The molecule has 1 saturated heterocycles. The van der Waals surface area contributed by atoms with Crippen LogP contribution in [0, 0.1) is 13.8 Å². The van der Waals surface area contributed by atoms with Crippen LogP contribution in [0.5, 0.6) is 11.5 Å². The zero-order valence-electron chi connectivity index (χ0n) is 19.3. The molecule has 4 aromatic rings. The summed E-state index contributed by atoms with van der Waals surface area (Å²) in [5, 5.41) is 21.8. The topological polar surface area (TPSA) is 100.0 Å². The van der Waals surface area contributed by atoms with Gasteiger partial charge in [-0.25, -0.2) is 4.98 Å². The highest BCUT2D eigenvalue weighted by molar-refractivity contribution is 7.22. The smallest absolute Gasteiger partial charge is 0.301 e. The molecule has 2 N–H and O–H groups in total. The summed E-state index contributed by atoms with van der Waals surface area (Å²) in [6.07, 6.45) is 0. The number of aliphatic hydroxyl groups is 1. The van der Waals surface area contributed by atoms with Gasteiger partial charge in [-0.15, -0.1) is 0 Å². The number of Topliss-reactive ketones (excluding diaryl/α,β-unsaturated/α-hetero) is 1. The second kappa shape index (κ2) is 8.56. The lowest BCUT2D eigenvalue weighted by Gasteiger charge is -2.23. The van der Waals surface area contributed by atoms with Gasteiger partial charge in [0.05, 0.1) is 28.9 Å². The van der Waals surface area contributed by atoms with Crippen LogP contribution in [-0.2, 0) is 9.59 Å². The minimum absolute atomic E-state index is 0.0229. The fraction of sp³-hybridized carbons (Fsp3) is 0.148. The number of fused-ring (bicyclic) bond motifs is 1. The van der Waals surface area contributed by atoms with E-state index in [-0.39, 0.29) is 17.1 Å². The lowest BCUT2D eigenvalue weighted by atomic mass is 9.95. The molecule has 0 unspecified atom stereocenters. The van der Waals surface area contributed by atoms with Crippen molar-refractivity contribution in [2.75, 3.05) is 12.0 Å². The zero-order valence-corrected chi connectivity index (χ0v) is 20.1. The Hall–Kier alpha value is -4.17. The van der Waals surface area contributed by atoms with Gasteiger partial charge in [-0.2, -0.15) is 0 Å². The van der Waals surface area contributed by atoms with Gasteiger partial charge in [0.25, 0.3) is 5.78 Å². The number of thiazole rings is 1. The van der Waals surface area contributed by atoms with E-state index >= 15 is 0 Å². The first-order valence-electron chi connectivity index (χ1n) is 10.9. The standard InChI is InChI=1S/C27H22N2O5S/c1-14-10-15(2)22-20(11-14)35-27(28-22)29-23(16-6-4-8-18(30)12-16)21(25(32)26(29)33)24(31)17-7-5-9-19(13-17)34-3/h4-13,23,30-31H,1-3H3/b24-21+/t23-/m0/s1. The average molecular weight is 487 g/mol. The fourth-order valence-electron chi connectivity index (χ4n) is 4.43. The van der Waals surface area contributed by atoms with Crippen LogP contribution >= 0.6 is 11.3 Å². The monoisotopic (exact) mass is 486 g/mol. The normalized spacial score (nSPS) is 17.3. The summed E-state index contributed by atoms with van der Waals surface area (Å²) in [4.78, 5) is 32.7. The molecule has 1 aliphatic rings. The Kier molecular flexibility index (Phi) is 5.53. The van der Waals surface area contributed by atoms with Crippen molar-refractivity contribution in [2.24, 2.45) is 0 Å². The number of ketones is 1. The number of rotatable bonds is 4. The summed E-state index contributed by atoms with van der Waals surface area (Å²) in [6.45, 7) is 3.93. The summed E-state index contributed by atoms with van der Waals surface area (Å²) < 4.78 is 6.14. The van der Waals surface area contributed by atoms with Crippen LogP contribution in [0.25, 0.3) is 16.0 Å². The number of hydrogen-bond acceptors (Lipinski definition) is 7. The molecule has 3 aromatic carbocycles. The molecule has 5 rings (SSSR count). The number of phenolic OH excluding ortho intramolecular Hbond substituents is 1. The molecule has 176 valence electrons. The number of carbonyl (C=O) groups is 2. The van der Waals surface area contributed by atoms with Gasteiger partial charge in [0.2, 0.25) is 0 Å². The van der Waals surface area contributed by atoms with Gasteiger partial charge in [0.1, 0.15) is 17.3 Å². The molecule has 35 heavy (non-hydrogen) atoms. The maximum absolute atomic E-state index is 13.4. The summed E-state index contributed by atoms with van der Waals surface area (Å²) in [5.41, 5.74) is 3.50. The van der Waals surface area contributed by atoms with Gasteiger partial charge in [0.15, 0.2) is 5.13 Å². The van der Waals surface area contributed by atoms with Gasteiger partial charge in [-0.3, -0.25) is 14.5 Å². The van der Waals surface area contributed by atoms with E-state index in [1.165, 1.54) is 35.5 Å². The van der Waals surface area contributed by atoms with Gasteiger partial charge < -0.3 is 14.9 Å². The number of benzene rings is 3. The molecule has 0 bridgehead atoms. The molecule has 1 aliphatic heterocycles. The maximum Gasteiger partial charge on any atom is 0.301 e. The van der Waals surface area contributed by atoms with Gasteiger partial charge in [-0.05, 0) is 60.9 Å². The van der Waals surface area contributed by atoms with E-state index in [9.17, 15) is 19.8 Å². The van der Waals surface area contributed by atoms with Gasteiger partial charge in [-0.1, -0.05) is 41.7 Å². The minimum Gasteiger partial charge on any atom is -0.508 e. The van der Waals surface area contributed by atoms with Crippen molar-refractivity contribution >= 4 is 44.1 Å². The quantitative estimate of drug-likeness (QED) is 0.232. The van der Waals surface area contributed by atoms with Crippen molar-refractivity contribution < 1.29 is 24.5 Å². The Morgan fingerprint density at radius 1 is 1.06 bits per heavy atom. The SMILES string of the molecule is COc1cccc(/C(O)=C2\C(=O)C(=O)N(c3nc4c(C)cc(C)cc4s3)[C@H]2c2cccc(O)c2)c1. The summed E-state index contributed by atoms with van der Waals surface area (Å²) in [5.74, 6) is -1.48. The number of ether oxygens (including phenoxy) is 1. The predicted octanol–water partition coefficient (Wildman–Crippen LogP) is 5.25. The number of amides is 1. The van der Waals surface area contributed by atoms with Crippen molar-refractivity contribution in [1.29, 1.82) is 0 Å². The number of aryl methyl sites for hydroxylation is 2. The number of methoxy groups -OCH3 is 1. The van der Waals surface area contributed by atoms with Crippen LogP contribution in [-0.4, -0.2) is 34.0 Å². The van der Waals surface area contributed by atoms with Crippen LogP contribution < -0.4 is 9.64 Å². The number of hydrogen-bond donors (Lipinski definition) is 2. The molecule has 2 heterocycles. The first-order valence-corrected chi connectivity index (χ1v) is 11.7. The average Bonchev–Trinajstić information content (AvgIpc) is 3.37. The number of aromatic nitrogens is 1. The highest BCUT2D eigenvalue weighted by Crippen LogP contribution is 2.45. The fourth-order valence-corrected chi connectivity index (χ4v) is 5.60. The molecule has 0 spiro atoms. The second-order valence-electron chi connectivity index (χ2n) is 8.42. The number of carbonyl (C=O) groups excluding carboxylic acids is 2. The Morgan fingerprint density at radius 2 is 1.83 bits per heavy atom. The highest BCUT2D eigenvalue weighted by atomic mass is 32.1. The van der Waals surface area contributed by atoms with Crippen LogP contribution in [0.2, 0.25) is 0 Å². The molecule has 0 aliphatic carbocycles. The van der Waals surface area contributed by atoms with Crippen LogP contribution in [0.15, 0.2) is 66.2 Å². The lowest BCUT2D eigenvalue weighted by molar-refractivity contribution is -0.132. The minimum atomic E-state index is -0.977. The zero-order chi connectivity index (χ0) is 24.9. The number of nitrogens with zero attached hydrogens (tertiary/aromatic N) is 2. The van der Waals surface area contributed by atoms with Crippen molar-refractivity contribution in [3.8, 4) is 11.5 Å². The van der Waals surface area contributed by atoms with Crippen molar-refractivity contribution in [3.05, 3.63) is 88.5 Å². The number of aliphatic hydroxyl groups excluding tert-OH is 1. The third-order valence-electron chi connectivity index (χ3n) is 6.00. The Balaban J connectivity index is 1.75. The van der Waals surface area contributed by atoms with Crippen LogP contribution in [0.1, 0.15) is 28.3 Å². The molecule has 1 atom stereocenters. The number of anilines is 1. The largest absolute Gasteiger partial charge is 0.508 e. The lowest BCUT2D eigenvalue weighted by Crippen LogP contribution is -2.29. The molecule has 7 nitrogen and oxygen atoms in total. The van der Waals surface area contributed by atoms with E-state index in [2.05, 4.69) is 0 Å². The Bertz CT molecular complexity index is 1540. The van der Waals surface area contributed by atoms with E-state index in [0.717, 1.165) is 21.3 Å². The molecule has 0 radical (unpaired) electrons. The molecule has 8 heteroatoms. The summed E-state index contributed by atoms with van der Waals surface area (Å²) >= 11 is 1.30. The highest BCUT2D eigenvalue weighted by Gasteiger charge is 2.48. The molecular formula is C27H22N2O5S. The Morgan fingerprint density at radius 3 is 2.57 bits per heavy atom. The molecule has 1 amide bonds. The van der Waals surface area contributed by atoms with E-state index in [0.29, 0.717) is 22.0 Å². The third-order valence-corrected chi connectivity index (χ3v) is 7.00. The van der Waals surface area contributed by atoms with E-state index in [1.54, 1.807) is 36.4 Å². The molecule has 0 saturated carbocycles. The first-order chi connectivity index (χ1) is 16.8. The van der Waals surface area contributed by atoms with Crippen molar-refractivity contribution in [3.63, 3.8) is 0 Å². The molecular weight excluding hydrogens is 464 g/mol. The van der Waals surface area contributed by atoms with E-state index in [4.69, 9.17) is 9.72 Å². The third kappa shape index (κ3) is 3.81.